The largest absolute Gasteiger partial charge is 0.460 e. The van der Waals surface area contributed by atoms with E-state index < -0.39 is 23.6 Å². The number of nitrogens with zero attached hydrogens (tertiary/aromatic N) is 3. The molecule has 0 aliphatic rings. The summed E-state index contributed by atoms with van der Waals surface area (Å²) in [6, 6.07) is -0.813. The Morgan fingerprint density at radius 1 is 1.39 bits per heavy atom. The van der Waals surface area contributed by atoms with Crippen molar-refractivity contribution in [3.8, 4) is 0 Å². The molecule has 0 radical (unpaired) electrons. The maximum Gasteiger partial charge on any atom is 0.378 e. The second kappa shape index (κ2) is 8.02. The minimum Gasteiger partial charge on any atom is -0.460 e. The number of rotatable bonds is 7. The van der Waals surface area contributed by atoms with Crippen LogP contribution in [0, 0.1) is 0 Å². The van der Waals surface area contributed by atoms with Crippen LogP contribution in [-0.2, 0) is 20.8 Å². The highest BCUT2D eigenvalue weighted by molar-refractivity contribution is 5.85. The average molecular weight is 328 g/mol. The lowest BCUT2D eigenvalue weighted by Crippen LogP contribution is -2.28. The third kappa shape index (κ3) is 5.95. The maximum atomic E-state index is 11.9. The van der Waals surface area contributed by atoms with Crippen molar-refractivity contribution < 1.29 is 24.2 Å². The van der Waals surface area contributed by atoms with Gasteiger partial charge in [0.25, 0.3) is 5.82 Å². The molecule has 0 aromatic carbocycles. The zero-order chi connectivity index (χ0) is 17.6. The van der Waals surface area contributed by atoms with E-state index in [0.29, 0.717) is 0 Å². The van der Waals surface area contributed by atoms with Crippen LogP contribution in [0.25, 0.3) is 0 Å². The van der Waals surface area contributed by atoms with Crippen LogP contribution < -0.4 is 5.73 Å². The fourth-order valence-corrected chi connectivity index (χ4v) is 1.82. The minimum atomic E-state index is -0.813. The van der Waals surface area contributed by atoms with E-state index >= 15 is 0 Å². The van der Waals surface area contributed by atoms with Crippen LogP contribution in [0.5, 0.6) is 0 Å². The molecule has 0 fully saturated rings. The number of ether oxygens (including phenoxy) is 2. The summed E-state index contributed by atoms with van der Waals surface area (Å²) < 4.78 is 11.3. The van der Waals surface area contributed by atoms with E-state index in [0.717, 1.165) is 0 Å². The summed E-state index contributed by atoms with van der Waals surface area (Å²) >= 11 is 0. The highest BCUT2D eigenvalue weighted by atomic mass is 16.6. The second-order valence-electron chi connectivity index (χ2n) is 5.86. The van der Waals surface area contributed by atoms with Crippen LogP contribution in [0.15, 0.2) is 0 Å². The minimum absolute atomic E-state index is 0.101. The number of aliphatic hydroxyl groups is 1. The predicted octanol–water partition coefficient (Wildman–Crippen LogP) is 0.179. The lowest BCUT2D eigenvalue weighted by molar-refractivity contribution is -0.155. The summed E-state index contributed by atoms with van der Waals surface area (Å²) in [6.45, 7) is 7.00. The molecule has 1 aromatic heterocycles. The van der Waals surface area contributed by atoms with Crippen molar-refractivity contribution in [2.24, 2.45) is 5.73 Å². The van der Waals surface area contributed by atoms with E-state index in [1.165, 1.54) is 4.68 Å². The molecular weight excluding hydrogens is 304 g/mol. The molecule has 0 saturated heterocycles. The van der Waals surface area contributed by atoms with Gasteiger partial charge in [0, 0.05) is 0 Å². The van der Waals surface area contributed by atoms with E-state index in [1.807, 2.05) is 0 Å². The lowest BCUT2D eigenvalue weighted by Gasteiger charge is -2.20. The van der Waals surface area contributed by atoms with Gasteiger partial charge in [-0.3, -0.25) is 4.79 Å². The molecule has 0 aliphatic carbocycles. The molecule has 3 N–H and O–H groups in total. The van der Waals surface area contributed by atoms with E-state index in [9.17, 15) is 9.59 Å². The Labute approximate surface area is 134 Å². The number of hydrogen-bond donors (Lipinski definition) is 2. The van der Waals surface area contributed by atoms with Gasteiger partial charge < -0.3 is 20.3 Å². The molecule has 9 nitrogen and oxygen atoms in total. The van der Waals surface area contributed by atoms with Crippen molar-refractivity contribution in [3.63, 3.8) is 0 Å². The van der Waals surface area contributed by atoms with Crippen molar-refractivity contribution in [3.05, 3.63) is 11.6 Å². The van der Waals surface area contributed by atoms with Gasteiger partial charge in [-0.25, -0.2) is 14.5 Å². The van der Waals surface area contributed by atoms with Crippen molar-refractivity contribution in [1.29, 1.82) is 0 Å². The predicted molar refractivity (Wildman–Crippen MR) is 80.5 cm³/mol. The molecule has 23 heavy (non-hydrogen) atoms. The number of esters is 2. The summed E-state index contributed by atoms with van der Waals surface area (Å²) in [5, 5.41) is 13.0. The zero-order valence-electron chi connectivity index (χ0n) is 13.9. The third-order valence-electron chi connectivity index (χ3n) is 2.61. The van der Waals surface area contributed by atoms with Crippen LogP contribution in [0.3, 0.4) is 0 Å². The third-order valence-corrected chi connectivity index (χ3v) is 2.61. The molecule has 1 rings (SSSR count). The standard InChI is InChI=1S/C14H24N4O5/c1-5-22-13(21)11-16-12(18(17-11)6-7-19)9(15)8-10(20)23-14(2,3)4/h9,19H,5-8,15H2,1-4H3. The number of carbonyl (C=O) groups is 2. The molecule has 130 valence electrons. The first-order valence-electron chi connectivity index (χ1n) is 7.38. The number of aliphatic hydroxyl groups excluding tert-OH is 1. The summed E-state index contributed by atoms with van der Waals surface area (Å²) in [4.78, 5) is 27.6. The Kier molecular flexibility index (Phi) is 6.64. The van der Waals surface area contributed by atoms with Crippen molar-refractivity contribution in [1.82, 2.24) is 14.8 Å². The summed E-state index contributed by atoms with van der Waals surface area (Å²) in [5.41, 5.74) is 5.36. The molecule has 1 atom stereocenters. The Morgan fingerprint density at radius 2 is 2.04 bits per heavy atom. The van der Waals surface area contributed by atoms with Crippen LogP contribution in [0.2, 0.25) is 0 Å². The van der Waals surface area contributed by atoms with Gasteiger partial charge in [-0.1, -0.05) is 0 Å². The van der Waals surface area contributed by atoms with E-state index in [-0.39, 0.29) is 37.8 Å². The molecule has 0 bridgehead atoms. The Balaban J connectivity index is 2.91. The Morgan fingerprint density at radius 3 is 2.57 bits per heavy atom. The van der Waals surface area contributed by atoms with Gasteiger partial charge >= 0.3 is 11.9 Å². The first kappa shape index (κ1) is 19.0. The van der Waals surface area contributed by atoms with Crippen molar-refractivity contribution in [2.45, 2.75) is 52.3 Å². The summed E-state index contributed by atoms with van der Waals surface area (Å²) in [7, 11) is 0. The average Bonchev–Trinajstić information content (AvgIpc) is 2.81. The molecule has 0 saturated carbocycles. The molecule has 0 aliphatic heterocycles. The zero-order valence-corrected chi connectivity index (χ0v) is 13.9. The fourth-order valence-electron chi connectivity index (χ4n) is 1.82. The number of carbonyl (C=O) groups excluding carboxylic acids is 2. The van der Waals surface area contributed by atoms with Gasteiger partial charge in [-0.05, 0) is 27.7 Å². The first-order valence-corrected chi connectivity index (χ1v) is 7.38. The van der Waals surface area contributed by atoms with E-state index in [2.05, 4.69) is 10.1 Å². The monoisotopic (exact) mass is 328 g/mol. The van der Waals surface area contributed by atoms with Crippen LogP contribution in [-0.4, -0.2) is 50.6 Å². The van der Waals surface area contributed by atoms with Gasteiger partial charge in [-0.15, -0.1) is 5.10 Å². The highest BCUT2D eigenvalue weighted by Gasteiger charge is 2.25. The summed E-state index contributed by atoms with van der Waals surface area (Å²) in [5.74, 6) is -1.11. The molecule has 1 aromatic rings. The molecule has 9 heteroatoms. The summed E-state index contributed by atoms with van der Waals surface area (Å²) in [6.07, 6.45) is -0.121. The molecule has 0 amide bonds. The van der Waals surface area contributed by atoms with Crippen molar-refractivity contribution in [2.75, 3.05) is 13.2 Å². The van der Waals surface area contributed by atoms with Gasteiger partial charge in [0.1, 0.15) is 11.4 Å². The highest BCUT2D eigenvalue weighted by Crippen LogP contribution is 2.16. The number of aromatic nitrogens is 3. The smallest absolute Gasteiger partial charge is 0.378 e. The normalized spacial score (nSPS) is 12.8. The Bertz CT molecular complexity index is 550. The quantitative estimate of drug-likeness (QED) is 0.678. The van der Waals surface area contributed by atoms with Crippen molar-refractivity contribution >= 4 is 11.9 Å². The molecular formula is C14H24N4O5. The SMILES string of the molecule is CCOC(=O)c1nc(C(N)CC(=O)OC(C)(C)C)n(CCO)n1. The second-order valence-corrected chi connectivity index (χ2v) is 5.86. The topological polar surface area (TPSA) is 130 Å². The molecule has 0 spiro atoms. The number of hydrogen-bond acceptors (Lipinski definition) is 8. The van der Waals surface area contributed by atoms with Gasteiger partial charge in [0.15, 0.2) is 0 Å². The fraction of sp³-hybridized carbons (Fsp3) is 0.714. The Hall–Kier alpha value is -2.00. The van der Waals surface area contributed by atoms with Gasteiger partial charge in [-0.2, -0.15) is 0 Å². The first-order chi connectivity index (χ1) is 10.7. The van der Waals surface area contributed by atoms with Gasteiger partial charge in [0.05, 0.1) is 32.2 Å². The van der Waals surface area contributed by atoms with Crippen LogP contribution >= 0.6 is 0 Å². The van der Waals surface area contributed by atoms with Gasteiger partial charge in [0.2, 0.25) is 0 Å². The molecule has 1 unspecified atom stereocenters. The van der Waals surface area contributed by atoms with E-state index in [4.69, 9.17) is 20.3 Å². The lowest BCUT2D eigenvalue weighted by atomic mass is 10.1. The maximum absolute atomic E-state index is 11.9. The number of nitrogens with two attached hydrogens (primary N) is 1. The molecule has 1 heterocycles. The van der Waals surface area contributed by atoms with Crippen LogP contribution in [0.4, 0.5) is 0 Å². The van der Waals surface area contributed by atoms with Crippen LogP contribution in [0.1, 0.15) is 56.6 Å². The van der Waals surface area contributed by atoms with E-state index in [1.54, 1.807) is 27.7 Å².